The van der Waals surface area contributed by atoms with E-state index in [1.54, 1.807) is 14.2 Å². The van der Waals surface area contributed by atoms with Gasteiger partial charge in [0.15, 0.2) is 11.5 Å². The summed E-state index contributed by atoms with van der Waals surface area (Å²) in [5.74, 6) is 3.35. The Morgan fingerprint density at radius 1 is 0.960 bits per heavy atom. The van der Waals surface area contributed by atoms with E-state index in [0.29, 0.717) is 5.75 Å². The van der Waals surface area contributed by atoms with Crippen LogP contribution in [0.1, 0.15) is 31.2 Å². The van der Waals surface area contributed by atoms with Gasteiger partial charge in [-0.15, -0.1) is 0 Å². The first kappa shape index (κ1) is 17.4. The summed E-state index contributed by atoms with van der Waals surface area (Å²) in [5, 5.41) is 3.38. The van der Waals surface area contributed by atoms with Crippen molar-refractivity contribution < 1.29 is 9.47 Å². The van der Waals surface area contributed by atoms with Crippen LogP contribution in [0.5, 0.6) is 11.5 Å². The van der Waals surface area contributed by atoms with Crippen LogP contribution in [-0.4, -0.2) is 32.8 Å². The molecular weight excluding hydrogens is 314 g/mol. The molecule has 0 bridgehead atoms. The molecule has 2 aromatic rings. The monoisotopic (exact) mass is 341 g/mol. The Balaban J connectivity index is 1.85. The summed E-state index contributed by atoms with van der Waals surface area (Å²) >= 11 is 0. The second kappa shape index (κ2) is 8.10. The third-order valence-corrected chi connectivity index (χ3v) is 4.66. The summed E-state index contributed by atoms with van der Waals surface area (Å²) < 4.78 is 10.7. The van der Waals surface area contributed by atoms with E-state index < -0.39 is 0 Å². The van der Waals surface area contributed by atoms with E-state index in [1.165, 1.54) is 31.2 Å². The molecule has 3 rings (SSSR count). The molecule has 1 N–H and O–H groups in total. The van der Waals surface area contributed by atoms with E-state index in [-0.39, 0.29) is 0 Å². The first-order chi connectivity index (χ1) is 12.2. The summed E-state index contributed by atoms with van der Waals surface area (Å²) in [6.45, 7) is 1.06. The number of aromatic nitrogens is 1. The number of benzene rings is 1. The van der Waals surface area contributed by atoms with Gasteiger partial charge in [-0.25, -0.2) is 4.98 Å². The van der Waals surface area contributed by atoms with Crippen LogP contribution < -0.4 is 19.7 Å². The fourth-order valence-electron chi connectivity index (χ4n) is 3.26. The average molecular weight is 341 g/mol. The van der Waals surface area contributed by atoms with Crippen molar-refractivity contribution in [1.29, 1.82) is 0 Å². The van der Waals surface area contributed by atoms with Crippen molar-refractivity contribution >= 4 is 17.3 Å². The molecule has 5 nitrogen and oxygen atoms in total. The van der Waals surface area contributed by atoms with Gasteiger partial charge in [0.1, 0.15) is 11.6 Å². The Kier molecular flexibility index (Phi) is 5.64. The number of pyridine rings is 1. The first-order valence-corrected chi connectivity index (χ1v) is 8.91. The number of methoxy groups -OCH3 is 2. The highest BCUT2D eigenvalue weighted by atomic mass is 16.5. The van der Waals surface area contributed by atoms with Gasteiger partial charge in [-0.1, -0.05) is 18.9 Å². The minimum Gasteiger partial charge on any atom is -0.493 e. The number of hydrogen-bond donors (Lipinski definition) is 1. The SMILES string of the molecule is COc1ccc(Nc2ccc3c(n2)N(C)CCCCCC3)cc1OC. The van der Waals surface area contributed by atoms with E-state index in [1.807, 2.05) is 18.2 Å². The molecule has 0 atom stereocenters. The molecule has 5 heteroatoms. The molecule has 0 spiro atoms. The highest BCUT2D eigenvalue weighted by molar-refractivity contribution is 5.63. The van der Waals surface area contributed by atoms with Gasteiger partial charge >= 0.3 is 0 Å². The summed E-state index contributed by atoms with van der Waals surface area (Å²) in [6.07, 6.45) is 6.17. The molecule has 25 heavy (non-hydrogen) atoms. The normalized spacial score (nSPS) is 14.8. The number of nitrogens with zero attached hydrogens (tertiary/aromatic N) is 2. The lowest BCUT2D eigenvalue weighted by Crippen LogP contribution is -2.21. The van der Waals surface area contributed by atoms with Crippen LogP contribution in [0.3, 0.4) is 0 Å². The van der Waals surface area contributed by atoms with Gasteiger partial charge in [0.05, 0.1) is 14.2 Å². The zero-order valence-corrected chi connectivity index (χ0v) is 15.3. The maximum Gasteiger partial charge on any atom is 0.162 e. The third-order valence-electron chi connectivity index (χ3n) is 4.66. The van der Waals surface area contributed by atoms with Crippen molar-refractivity contribution in [2.45, 2.75) is 32.1 Å². The van der Waals surface area contributed by atoms with E-state index in [0.717, 1.165) is 36.0 Å². The number of fused-ring (bicyclic) bond motifs is 1. The first-order valence-electron chi connectivity index (χ1n) is 8.91. The van der Waals surface area contributed by atoms with Gasteiger partial charge in [0.2, 0.25) is 0 Å². The van der Waals surface area contributed by atoms with Gasteiger partial charge in [0.25, 0.3) is 0 Å². The highest BCUT2D eigenvalue weighted by Gasteiger charge is 2.13. The molecule has 0 radical (unpaired) electrons. The number of rotatable bonds is 4. The predicted molar refractivity (Wildman–Crippen MR) is 103 cm³/mol. The summed E-state index contributed by atoms with van der Waals surface area (Å²) in [7, 11) is 5.42. The molecule has 1 aromatic heterocycles. The molecule has 2 heterocycles. The van der Waals surface area contributed by atoms with Crippen LogP contribution in [-0.2, 0) is 6.42 Å². The van der Waals surface area contributed by atoms with Crippen LogP contribution in [0.2, 0.25) is 0 Å². The van der Waals surface area contributed by atoms with E-state index >= 15 is 0 Å². The van der Waals surface area contributed by atoms with Gasteiger partial charge < -0.3 is 19.7 Å². The quantitative estimate of drug-likeness (QED) is 0.893. The lowest BCUT2D eigenvalue weighted by molar-refractivity contribution is 0.355. The summed E-state index contributed by atoms with van der Waals surface area (Å²) in [5.41, 5.74) is 2.26. The van der Waals surface area contributed by atoms with Crippen molar-refractivity contribution in [3.8, 4) is 11.5 Å². The fraction of sp³-hybridized carbons (Fsp3) is 0.450. The fourth-order valence-corrected chi connectivity index (χ4v) is 3.26. The van der Waals surface area contributed by atoms with Crippen molar-refractivity contribution in [3.63, 3.8) is 0 Å². The smallest absolute Gasteiger partial charge is 0.162 e. The average Bonchev–Trinajstić information content (AvgIpc) is 2.72. The Labute approximate surface area is 150 Å². The van der Waals surface area contributed by atoms with E-state index in [4.69, 9.17) is 14.5 Å². The maximum absolute atomic E-state index is 5.37. The predicted octanol–water partition coefficient (Wildman–Crippen LogP) is 4.40. The summed E-state index contributed by atoms with van der Waals surface area (Å²) in [4.78, 5) is 7.15. The van der Waals surface area contributed by atoms with Gasteiger partial charge in [0, 0.05) is 25.3 Å². The Hall–Kier alpha value is -2.43. The number of anilines is 3. The lowest BCUT2D eigenvalue weighted by Gasteiger charge is -2.21. The molecule has 0 fully saturated rings. The molecule has 134 valence electrons. The van der Waals surface area contributed by atoms with Crippen LogP contribution in [0.15, 0.2) is 30.3 Å². The summed E-state index contributed by atoms with van der Waals surface area (Å²) in [6, 6.07) is 10.0. The molecule has 0 aliphatic carbocycles. The molecule has 0 saturated carbocycles. The van der Waals surface area contributed by atoms with Crippen molar-refractivity contribution in [2.24, 2.45) is 0 Å². The largest absolute Gasteiger partial charge is 0.493 e. The highest BCUT2D eigenvalue weighted by Crippen LogP contribution is 2.31. The lowest BCUT2D eigenvalue weighted by atomic mass is 10.1. The second-order valence-corrected chi connectivity index (χ2v) is 6.46. The zero-order valence-electron chi connectivity index (χ0n) is 15.3. The maximum atomic E-state index is 5.37. The number of hydrogen-bond acceptors (Lipinski definition) is 5. The second-order valence-electron chi connectivity index (χ2n) is 6.46. The van der Waals surface area contributed by atoms with Gasteiger partial charge in [-0.2, -0.15) is 0 Å². The molecule has 1 aliphatic heterocycles. The molecule has 1 aromatic carbocycles. The van der Waals surface area contributed by atoms with Crippen LogP contribution in [0.25, 0.3) is 0 Å². The minimum atomic E-state index is 0.701. The number of aryl methyl sites for hydroxylation is 1. The standard InChI is InChI=1S/C20H27N3O2/c1-23-13-7-5-4-6-8-15-9-12-19(22-20(15)23)21-16-10-11-17(24-2)18(14-16)25-3/h9-12,14H,4-8,13H2,1-3H3,(H,21,22). The molecule has 0 saturated heterocycles. The van der Waals surface area contributed by atoms with Gasteiger partial charge in [-0.3, -0.25) is 0 Å². The van der Waals surface area contributed by atoms with Crippen molar-refractivity contribution in [3.05, 3.63) is 35.9 Å². The molecular formula is C20H27N3O2. The van der Waals surface area contributed by atoms with Crippen LogP contribution in [0, 0.1) is 0 Å². The molecule has 1 aliphatic rings. The van der Waals surface area contributed by atoms with Gasteiger partial charge in [-0.05, 0) is 43.0 Å². The molecule has 0 unspecified atom stereocenters. The van der Waals surface area contributed by atoms with Crippen molar-refractivity contribution in [1.82, 2.24) is 4.98 Å². The number of nitrogens with one attached hydrogen (secondary N) is 1. The Morgan fingerprint density at radius 3 is 2.56 bits per heavy atom. The zero-order chi connectivity index (χ0) is 17.6. The minimum absolute atomic E-state index is 0.701. The Morgan fingerprint density at radius 2 is 1.76 bits per heavy atom. The Bertz CT molecular complexity index is 718. The van der Waals surface area contributed by atoms with E-state index in [2.05, 4.69) is 29.4 Å². The van der Waals surface area contributed by atoms with E-state index in [9.17, 15) is 0 Å². The van der Waals surface area contributed by atoms with Crippen LogP contribution >= 0.6 is 0 Å². The number of ether oxygens (including phenoxy) is 2. The van der Waals surface area contributed by atoms with Crippen LogP contribution in [0.4, 0.5) is 17.3 Å². The van der Waals surface area contributed by atoms with Crippen molar-refractivity contribution in [2.75, 3.05) is 38.0 Å². The molecule has 0 amide bonds. The third kappa shape index (κ3) is 4.16. The topological polar surface area (TPSA) is 46.6 Å².